The maximum Gasteiger partial charge on any atom is 0.325 e. The number of ketones is 1. The Balaban J connectivity index is 2.12. The summed E-state index contributed by atoms with van der Waals surface area (Å²) in [5, 5.41) is 4.63. The highest BCUT2D eigenvalue weighted by Crippen LogP contribution is 2.33. The number of nitrogens with one attached hydrogen (secondary N) is 1. The van der Waals surface area contributed by atoms with E-state index in [-0.39, 0.29) is 12.3 Å². The number of benzene rings is 2. The number of fused-ring (bicyclic) bond motifs is 1. The summed E-state index contributed by atoms with van der Waals surface area (Å²) in [5.74, 6) is -0.630. The van der Waals surface area contributed by atoms with Crippen LogP contribution in [-0.2, 0) is 15.1 Å². The maximum atomic E-state index is 12.7. The first-order valence-corrected chi connectivity index (χ1v) is 7.05. The number of rotatable bonds is 3. The summed E-state index contributed by atoms with van der Waals surface area (Å²) >= 11 is 0. The van der Waals surface area contributed by atoms with Crippen LogP contribution in [0.2, 0.25) is 0 Å². The van der Waals surface area contributed by atoms with Gasteiger partial charge in [-0.05, 0) is 30.2 Å². The van der Waals surface area contributed by atoms with Gasteiger partial charge in [0.05, 0.1) is 6.54 Å². The molecule has 1 saturated heterocycles. The Morgan fingerprint density at radius 2 is 1.82 bits per heavy atom. The van der Waals surface area contributed by atoms with E-state index < -0.39 is 17.5 Å². The zero-order valence-electron chi connectivity index (χ0n) is 12.4. The van der Waals surface area contributed by atoms with Gasteiger partial charge in [-0.2, -0.15) is 0 Å². The van der Waals surface area contributed by atoms with E-state index in [1.54, 1.807) is 6.92 Å². The van der Waals surface area contributed by atoms with Crippen LogP contribution >= 0.6 is 0 Å². The average molecular weight is 296 g/mol. The predicted molar refractivity (Wildman–Crippen MR) is 82.2 cm³/mol. The van der Waals surface area contributed by atoms with Crippen molar-refractivity contribution < 1.29 is 14.4 Å². The fourth-order valence-electron chi connectivity index (χ4n) is 2.91. The number of hydrogen-bond donors (Lipinski definition) is 1. The highest BCUT2D eigenvalue weighted by molar-refractivity contribution is 6.10. The third kappa shape index (κ3) is 2.06. The van der Waals surface area contributed by atoms with Crippen molar-refractivity contribution in [2.75, 3.05) is 6.54 Å². The van der Waals surface area contributed by atoms with Gasteiger partial charge in [-0.1, -0.05) is 42.5 Å². The first-order chi connectivity index (χ1) is 10.4. The first kappa shape index (κ1) is 14.3. The van der Waals surface area contributed by atoms with Gasteiger partial charge in [-0.15, -0.1) is 0 Å². The lowest BCUT2D eigenvalue weighted by atomic mass is 9.88. The number of nitrogens with zero attached hydrogens (tertiary/aromatic N) is 1. The largest absolute Gasteiger partial charge is 0.325 e. The molecule has 1 aliphatic rings. The molecular formula is C17H16N2O3. The molecule has 1 fully saturated rings. The first-order valence-electron chi connectivity index (χ1n) is 7.05. The van der Waals surface area contributed by atoms with Gasteiger partial charge in [0, 0.05) is 0 Å². The minimum absolute atomic E-state index is 0.203. The maximum absolute atomic E-state index is 12.7. The molecule has 3 amide bonds. The van der Waals surface area contributed by atoms with Crippen LogP contribution in [0.15, 0.2) is 42.5 Å². The molecule has 0 aliphatic carbocycles. The predicted octanol–water partition coefficient (Wildman–Crippen LogP) is 2.20. The fourth-order valence-corrected chi connectivity index (χ4v) is 2.91. The highest BCUT2D eigenvalue weighted by atomic mass is 16.2. The van der Waals surface area contributed by atoms with Crippen molar-refractivity contribution in [3.63, 3.8) is 0 Å². The SMILES string of the molecule is CC(=O)CN1C(=O)NC(C)(c2cccc3ccccc23)C1=O. The van der Waals surface area contributed by atoms with E-state index >= 15 is 0 Å². The van der Waals surface area contributed by atoms with Crippen LogP contribution in [0.3, 0.4) is 0 Å². The molecule has 0 radical (unpaired) electrons. The standard InChI is InChI=1S/C17H16N2O3/c1-11(20)10-19-15(21)17(2,18-16(19)22)14-9-5-7-12-6-3-4-8-13(12)14/h3-9H,10H2,1-2H3,(H,18,22). The van der Waals surface area contributed by atoms with E-state index in [2.05, 4.69) is 5.32 Å². The Morgan fingerprint density at radius 1 is 1.14 bits per heavy atom. The number of imide groups is 1. The molecule has 112 valence electrons. The number of hydrogen-bond acceptors (Lipinski definition) is 3. The summed E-state index contributed by atoms with van der Waals surface area (Å²) < 4.78 is 0. The van der Waals surface area contributed by atoms with Crippen LogP contribution < -0.4 is 5.32 Å². The van der Waals surface area contributed by atoms with E-state index in [1.807, 2.05) is 42.5 Å². The zero-order valence-corrected chi connectivity index (χ0v) is 12.4. The van der Waals surface area contributed by atoms with Crippen molar-refractivity contribution in [1.82, 2.24) is 10.2 Å². The smallest absolute Gasteiger partial charge is 0.319 e. The van der Waals surface area contributed by atoms with Crippen LogP contribution in [0, 0.1) is 0 Å². The molecular weight excluding hydrogens is 280 g/mol. The quantitative estimate of drug-likeness (QED) is 0.883. The molecule has 2 aromatic carbocycles. The molecule has 3 rings (SSSR count). The van der Waals surface area contributed by atoms with Crippen molar-refractivity contribution in [3.05, 3.63) is 48.0 Å². The van der Waals surface area contributed by atoms with Gasteiger partial charge in [0.25, 0.3) is 5.91 Å². The second-order valence-corrected chi connectivity index (χ2v) is 5.68. The van der Waals surface area contributed by atoms with Gasteiger partial charge in [-0.3, -0.25) is 14.5 Å². The summed E-state index contributed by atoms with van der Waals surface area (Å²) in [4.78, 5) is 37.0. The Kier molecular flexibility index (Phi) is 3.20. The molecule has 5 nitrogen and oxygen atoms in total. The monoisotopic (exact) mass is 296 g/mol. The van der Waals surface area contributed by atoms with E-state index in [9.17, 15) is 14.4 Å². The van der Waals surface area contributed by atoms with Crippen LogP contribution in [-0.4, -0.2) is 29.2 Å². The Hall–Kier alpha value is -2.69. The van der Waals surface area contributed by atoms with Gasteiger partial charge < -0.3 is 5.32 Å². The van der Waals surface area contributed by atoms with Crippen molar-refractivity contribution in [1.29, 1.82) is 0 Å². The molecule has 1 aliphatic heterocycles. The lowest BCUT2D eigenvalue weighted by Crippen LogP contribution is -2.41. The number of carbonyl (C=O) groups is 3. The van der Waals surface area contributed by atoms with Gasteiger partial charge in [0.15, 0.2) is 0 Å². The van der Waals surface area contributed by atoms with Gasteiger partial charge in [-0.25, -0.2) is 4.79 Å². The second-order valence-electron chi connectivity index (χ2n) is 5.68. The van der Waals surface area contributed by atoms with Crippen molar-refractivity contribution in [3.8, 4) is 0 Å². The highest BCUT2D eigenvalue weighted by Gasteiger charge is 2.49. The number of urea groups is 1. The molecule has 22 heavy (non-hydrogen) atoms. The van der Waals surface area contributed by atoms with Crippen LogP contribution in [0.1, 0.15) is 19.4 Å². The fraction of sp³-hybridized carbons (Fsp3) is 0.235. The Bertz CT molecular complexity index is 794. The molecule has 0 saturated carbocycles. The lowest BCUT2D eigenvalue weighted by Gasteiger charge is -2.23. The minimum Gasteiger partial charge on any atom is -0.319 e. The van der Waals surface area contributed by atoms with Gasteiger partial charge in [0.1, 0.15) is 11.3 Å². The van der Waals surface area contributed by atoms with Crippen molar-refractivity contribution >= 4 is 28.5 Å². The normalized spacial score (nSPS) is 21.3. The topological polar surface area (TPSA) is 66.5 Å². The molecule has 0 bridgehead atoms. The number of amides is 3. The molecule has 1 unspecified atom stereocenters. The molecule has 1 atom stereocenters. The van der Waals surface area contributed by atoms with Crippen molar-refractivity contribution in [2.45, 2.75) is 19.4 Å². The molecule has 2 aromatic rings. The van der Waals surface area contributed by atoms with Crippen LogP contribution in [0.4, 0.5) is 4.79 Å². The van der Waals surface area contributed by atoms with Crippen LogP contribution in [0.25, 0.3) is 10.8 Å². The summed E-state index contributed by atoms with van der Waals surface area (Å²) in [7, 11) is 0. The van der Waals surface area contributed by atoms with Gasteiger partial charge in [0.2, 0.25) is 0 Å². The second kappa shape index (κ2) is 4.94. The number of Topliss-reactive ketones (excluding diaryl/α,β-unsaturated/α-hetero) is 1. The Morgan fingerprint density at radius 3 is 2.55 bits per heavy atom. The van der Waals surface area contributed by atoms with E-state index in [4.69, 9.17) is 0 Å². The van der Waals surface area contributed by atoms with E-state index in [0.717, 1.165) is 21.2 Å². The molecule has 0 spiro atoms. The third-order valence-corrected chi connectivity index (χ3v) is 3.98. The molecule has 1 N–H and O–H groups in total. The molecule has 5 heteroatoms. The summed E-state index contributed by atoms with van der Waals surface area (Å²) in [6, 6.07) is 12.8. The van der Waals surface area contributed by atoms with E-state index in [1.165, 1.54) is 6.92 Å². The van der Waals surface area contributed by atoms with Crippen molar-refractivity contribution in [2.24, 2.45) is 0 Å². The molecule has 0 aromatic heterocycles. The molecule has 1 heterocycles. The Labute approximate surface area is 127 Å². The van der Waals surface area contributed by atoms with E-state index in [0.29, 0.717) is 0 Å². The lowest BCUT2D eigenvalue weighted by molar-refractivity contribution is -0.133. The van der Waals surface area contributed by atoms with Crippen LogP contribution in [0.5, 0.6) is 0 Å². The average Bonchev–Trinajstić information content (AvgIpc) is 2.70. The zero-order chi connectivity index (χ0) is 15.9. The third-order valence-electron chi connectivity index (χ3n) is 3.98. The summed E-state index contributed by atoms with van der Waals surface area (Å²) in [5.41, 5.74) is -0.428. The summed E-state index contributed by atoms with van der Waals surface area (Å²) in [6.07, 6.45) is 0. The minimum atomic E-state index is -1.16. The van der Waals surface area contributed by atoms with Gasteiger partial charge >= 0.3 is 6.03 Å². The summed E-state index contributed by atoms with van der Waals surface area (Å²) in [6.45, 7) is 2.83. The number of carbonyl (C=O) groups excluding carboxylic acids is 3.